The maximum atomic E-state index is 2.39. The molecule has 0 spiro atoms. The van der Waals surface area contributed by atoms with Gasteiger partial charge in [-0.1, -0.05) is 184 Å². The van der Waals surface area contributed by atoms with E-state index in [-0.39, 0.29) is 5.92 Å². The van der Waals surface area contributed by atoms with Gasteiger partial charge in [0, 0.05) is 5.92 Å². The molecule has 0 heteroatoms. The molecule has 0 aromatic heterocycles. The molecule has 0 saturated heterocycles. The highest BCUT2D eigenvalue weighted by atomic mass is 14.3. The highest BCUT2D eigenvalue weighted by molar-refractivity contribution is 6.15. The summed E-state index contributed by atoms with van der Waals surface area (Å²) in [5, 5.41) is 5.29. The monoisotopic (exact) mass is 590 g/mol. The van der Waals surface area contributed by atoms with Gasteiger partial charge >= 0.3 is 0 Å². The molecule has 1 aliphatic rings. The number of fused-ring (bicyclic) bond motifs is 2. The maximum Gasteiger partial charge on any atom is 0.00740 e. The van der Waals surface area contributed by atoms with Crippen LogP contribution in [0.3, 0.4) is 0 Å². The van der Waals surface area contributed by atoms with Crippen LogP contribution >= 0.6 is 0 Å². The summed E-state index contributed by atoms with van der Waals surface area (Å²) < 4.78 is 0. The van der Waals surface area contributed by atoms with Gasteiger partial charge in [0.25, 0.3) is 0 Å². The molecule has 0 aliphatic heterocycles. The summed E-state index contributed by atoms with van der Waals surface area (Å²) in [7, 11) is 0. The number of benzene rings is 7. The standard InChI is InChI=1S/C44H32.C2H6/c1-3-13-31(14-4-1)33-25-27-34(28-26-33)36-18-12-20-38(30-36)44-41-23-9-7-21-39(41)43(40-22-8-10-24-42(40)44)37-19-11-17-35(29-37)32-15-5-2-6-16-32;1-2/h1-29,38H,30H2;1-2H3. The van der Waals surface area contributed by atoms with Crippen molar-refractivity contribution in [3.63, 3.8) is 0 Å². The third-order valence-electron chi connectivity index (χ3n) is 9.05. The molecular formula is C46H38. The first-order valence-corrected chi connectivity index (χ1v) is 16.5. The summed E-state index contributed by atoms with van der Waals surface area (Å²) in [5.41, 5.74) is 11.6. The van der Waals surface area contributed by atoms with E-state index in [0.29, 0.717) is 0 Å². The van der Waals surface area contributed by atoms with Crippen LogP contribution in [0.4, 0.5) is 0 Å². The second-order valence-corrected chi connectivity index (χ2v) is 11.7. The SMILES string of the molecule is C1=CC(c2c3ccccc3c(-c3cccc(-c4ccccc4)c3)c3ccccc23)CC(c2ccc(-c3ccccc3)cc2)=C1.CC. The zero-order valence-corrected chi connectivity index (χ0v) is 26.5. The molecule has 0 heterocycles. The minimum atomic E-state index is 0.281. The van der Waals surface area contributed by atoms with Crippen LogP contribution in [-0.4, -0.2) is 0 Å². The molecule has 0 saturated carbocycles. The lowest BCUT2D eigenvalue weighted by molar-refractivity contribution is 0.884. The van der Waals surface area contributed by atoms with Crippen molar-refractivity contribution in [2.24, 2.45) is 0 Å². The lowest BCUT2D eigenvalue weighted by atomic mass is 9.79. The van der Waals surface area contributed by atoms with Crippen LogP contribution in [0.2, 0.25) is 0 Å². The van der Waals surface area contributed by atoms with Gasteiger partial charge in [-0.25, -0.2) is 0 Å². The molecule has 46 heavy (non-hydrogen) atoms. The Bertz CT molecular complexity index is 2110. The average Bonchev–Trinajstić information content (AvgIpc) is 3.15. The molecule has 222 valence electrons. The molecule has 7 aromatic carbocycles. The largest absolute Gasteiger partial charge is 0.0766 e. The zero-order valence-electron chi connectivity index (χ0n) is 26.5. The molecule has 0 amide bonds. The van der Waals surface area contributed by atoms with Gasteiger partial charge < -0.3 is 0 Å². The van der Waals surface area contributed by atoms with Gasteiger partial charge in [0.1, 0.15) is 0 Å². The number of rotatable bonds is 5. The summed E-state index contributed by atoms with van der Waals surface area (Å²) in [6.07, 6.45) is 7.92. The fourth-order valence-electron chi connectivity index (χ4n) is 6.96. The van der Waals surface area contributed by atoms with Crippen molar-refractivity contribution < 1.29 is 0 Å². The lowest BCUT2D eigenvalue weighted by Crippen LogP contribution is -2.04. The van der Waals surface area contributed by atoms with E-state index in [4.69, 9.17) is 0 Å². The summed E-state index contributed by atoms with van der Waals surface area (Å²) in [6, 6.07) is 57.4. The zero-order chi connectivity index (χ0) is 31.3. The summed E-state index contributed by atoms with van der Waals surface area (Å²) >= 11 is 0. The predicted octanol–water partition coefficient (Wildman–Crippen LogP) is 13.1. The van der Waals surface area contributed by atoms with Gasteiger partial charge in [0.05, 0.1) is 0 Å². The van der Waals surface area contributed by atoms with E-state index in [1.165, 1.54) is 71.6 Å². The number of allylic oxidation sites excluding steroid dienone is 4. The molecular weight excluding hydrogens is 553 g/mol. The van der Waals surface area contributed by atoms with E-state index < -0.39 is 0 Å². The topological polar surface area (TPSA) is 0 Å². The van der Waals surface area contributed by atoms with E-state index in [0.717, 1.165) is 6.42 Å². The number of hydrogen-bond donors (Lipinski definition) is 0. The minimum Gasteiger partial charge on any atom is -0.0766 e. The van der Waals surface area contributed by atoms with Crippen molar-refractivity contribution in [1.82, 2.24) is 0 Å². The highest BCUT2D eigenvalue weighted by Gasteiger charge is 2.22. The van der Waals surface area contributed by atoms with Crippen LogP contribution in [0, 0.1) is 0 Å². The first-order chi connectivity index (χ1) is 22.8. The van der Waals surface area contributed by atoms with Crippen LogP contribution in [0.1, 0.15) is 37.3 Å². The predicted molar refractivity (Wildman–Crippen MR) is 200 cm³/mol. The van der Waals surface area contributed by atoms with Gasteiger partial charge in [-0.05, 0) is 84.1 Å². The lowest BCUT2D eigenvalue weighted by Gasteiger charge is -2.25. The summed E-state index contributed by atoms with van der Waals surface area (Å²) in [4.78, 5) is 0. The van der Waals surface area contributed by atoms with Crippen molar-refractivity contribution in [2.45, 2.75) is 26.2 Å². The Kier molecular flexibility index (Phi) is 8.44. The fourth-order valence-corrected chi connectivity index (χ4v) is 6.96. The quantitative estimate of drug-likeness (QED) is 0.175. The van der Waals surface area contributed by atoms with Crippen LogP contribution in [0.5, 0.6) is 0 Å². The van der Waals surface area contributed by atoms with Crippen molar-refractivity contribution in [1.29, 1.82) is 0 Å². The summed E-state index contributed by atoms with van der Waals surface area (Å²) in [6.45, 7) is 4.00. The van der Waals surface area contributed by atoms with Crippen LogP contribution in [0.25, 0.3) is 60.5 Å². The van der Waals surface area contributed by atoms with Gasteiger partial charge in [-0.2, -0.15) is 0 Å². The maximum absolute atomic E-state index is 2.39. The third-order valence-corrected chi connectivity index (χ3v) is 9.05. The Hall–Kier alpha value is -5.46. The molecule has 8 rings (SSSR count). The highest BCUT2D eigenvalue weighted by Crippen LogP contribution is 2.45. The Morgan fingerprint density at radius 2 is 0.870 bits per heavy atom. The summed E-state index contributed by atoms with van der Waals surface area (Å²) in [5.74, 6) is 0.281. The first kappa shape index (κ1) is 29.3. The van der Waals surface area contributed by atoms with E-state index >= 15 is 0 Å². The van der Waals surface area contributed by atoms with Gasteiger partial charge in [0.15, 0.2) is 0 Å². The Morgan fingerprint density at radius 1 is 0.413 bits per heavy atom. The first-order valence-electron chi connectivity index (χ1n) is 16.5. The smallest absolute Gasteiger partial charge is 0.00740 e. The van der Waals surface area contributed by atoms with Crippen molar-refractivity contribution in [3.05, 3.63) is 187 Å². The van der Waals surface area contributed by atoms with E-state index in [1.807, 2.05) is 13.8 Å². The third kappa shape index (κ3) is 5.59. The second-order valence-electron chi connectivity index (χ2n) is 11.7. The molecule has 0 nitrogen and oxygen atoms in total. The Morgan fingerprint density at radius 3 is 1.48 bits per heavy atom. The normalized spacial score (nSPS) is 14.0. The Balaban J connectivity index is 0.00000166. The van der Waals surface area contributed by atoms with Gasteiger partial charge in [-0.3, -0.25) is 0 Å². The van der Waals surface area contributed by atoms with Crippen LogP contribution < -0.4 is 0 Å². The van der Waals surface area contributed by atoms with Crippen molar-refractivity contribution >= 4 is 27.1 Å². The van der Waals surface area contributed by atoms with E-state index in [9.17, 15) is 0 Å². The molecule has 1 atom stereocenters. The van der Waals surface area contributed by atoms with Crippen molar-refractivity contribution in [2.75, 3.05) is 0 Å². The van der Waals surface area contributed by atoms with Gasteiger partial charge in [-0.15, -0.1) is 0 Å². The van der Waals surface area contributed by atoms with Gasteiger partial charge in [0.2, 0.25) is 0 Å². The van der Waals surface area contributed by atoms with Crippen LogP contribution in [-0.2, 0) is 0 Å². The number of hydrogen-bond acceptors (Lipinski definition) is 0. The van der Waals surface area contributed by atoms with Crippen LogP contribution in [0.15, 0.2) is 176 Å². The fraction of sp³-hybridized carbons (Fsp3) is 0.0870. The molecule has 0 radical (unpaired) electrons. The van der Waals surface area contributed by atoms with E-state index in [1.54, 1.807) is 0 Å². The molecule has 1 aliphatic carbocycles. The average molecular weight is 591 g/mol. The van der Waals surface area contributed by atoms with Crippen molar-refractivity contribution in [3.8, 4) is 33.4 Å². The molecule has 0 N–H and O–H groups in total. The molecule has 0 bridgehead atoms. The Labute approximate surface area is 273 Å². The minimum absolute atomic E-state index is 0.281. The molecule has 0 fully saturated rings. The van der Waals surface area contributed by atoms with E-state index in [2.05, 4.69) is 176 Å². The molecule has 1 unspecified atom stereocenters. The molecule has 7 aromatic rings. The second kappa shape index (κ2) is 13.3.